The van der Waals surface area contributed by atoms with Crippen LogP contribution in [0.15, 0.2) is 22.7 Å². The van der Waals surface area contributed by atoms with Crippen LogP contribution in [0.25, 0.3) is 0 Å². The number of amides is 1. The van der Waals surface area contributed by atoms with Gasteiger partial charge in [0.05, 0.1) is 10.6 Å². The average Bonchev–Trinajstić information content (AvgIpc) is 2.40. The summed E-state index contributed by atoms with van der Waals surface area (Å²) in [6, 6.07) is 5.39. The first-order valence-electron chi connectivity index (χ1n) is 6.46. The maximum atomic E-state index is 12.1. The van der Waals surface area contributed by atoms with E-state index in [2.05, 4.69) is 37.2 Å². The molecule has 1 aliphatic rings. The van der Waals surface area contributed by atoms with Gasteiger partial charge in [0.2, 0.25) is 0 Å². The summed E-state index contributed by atoms with van der Waals surface area (Å²) >= 11 is 13.2. The first-order valence-corrected chi connectivity index (χ1v) is 8.54. The molecule has 1 aliphatic carbocycles. The number of halogens is 3. The lowest BCUT2D eigenvalue weighted by Gasteiger charge is -2.27. The molecule has 0 bridgehead atoms. The SMILES string of the molecule is O=C(NCC1CCCCC1Br)c1cccc(Br)c1Cl. The second-order valence-electron chi connectivity index (χ2n) is 4.87. The van der Waals surface area contributed by atoms with Crippen LogP contribution in [-0.2, 0) is 0 Å². The largest absolute Gasteiger partial charge is 0.352 e. The second-order valence-corrected chi connectivity index (χ2v) is 7.28. The van der Waals surface area contributed by atoms with Crippen LogP contribution in [0.4, 0.5) is 0 Å². The van der Waals surface area contributed by atoms with E-state index in [1.165, 1.54) is 25.7 Å². The topological polar surface area (TPSA) is 29.1 Å². The van der Waals surface area contributed by atoms with Gasteiger partial charge in [-0.15, -0.1) is 0 Å². The highest BCUT2D eigenvalue weighted by Crippen LogP contribution is 2.30. The predicted molar refractivity (Wildman–Crippen MR) is 86.2 cm³/mol. The number of benzene rings is 1. The van der Waals surface area contributed by atoms with Crippen molar-refractivity contribution in [2.24, 2.45) is 5.92 Å². The summed E-state index contributed by atoms with van der Waals surface area (Å²) in [6.45, 7) is 0.706. The number of rotatable bonds is 3. The van der Waals surface area contributed by atoms with Crippen molar-refractivity contribution < 1.29 is 4.79 Å². The second kappa shape index (κ2) is 7.09. The number of nitrogens with one attached hydrogen (secondary N) is 1. The molecule has 0 aliphatic heterocycles. The Balaban J connectivity index is 1.95. The molecule has 1 aromatic rings. The van der Waals surface area contributed by atoms with E-state index in [9.17, 15) is 4.79 Å². The molecule has 1 amide bonds. The monoisotopic (exact) mass is 407 g/mol. The molecule has 19 heavy (non-hydrogen) atoms. The highest BCUT2D eigenvalue weighted by Gasteiger charge is 2.23. The number of hydrogen-bond acceptors (Lipinski definition) is 1. The van der Waals surface area contributed by atoms with E-state index in [0.29, 0.717) is 27.9 Å². The number of hydrogen-bond donors (Lipinski definition) is 1. The summed E-state index contributed by atoms with van der Waals surface area (Å²) in [4.78, 5) is 12.6. The third-order valence-corrected chi connectivity index (χ3v) is 6.04. The molecule has 1 fully saturated rings. The van der Waals surface area contributed by atoms with Crippen molar-refractivity contribution in [3.8, 4) is 0 Å². The van der Waals surface area contributed by atoms with Gasteiger partial charge in [-0.2, -0.15) is 0 Å². The van der Waals surface area contributed by atoms with Gasteiger partial charge in [0, 0.05) is 15.8 Å². The summed E-state index contributed by atoms with van der Waals surface area (Å²) in [5.74, 6) is 0.417. The summed E-state index contributed by atoms with van der Waals surface area (Å²) < 4.78 is 0.748. The van der Waals surface area contributed by atoms with Crippen LogP contribution in [0.2, 0.25) is 5.02 Å². The zero-order valence-corrected chi connectivity index (χ0v) is 14.4. The molecule has 0 saturated heterocycles. The molecular weight excluding hydrogens is 393 g/mol. The van der Waals surface area contributed by atoms with E-state index in [0.717, 1.165) is 4.47 Å². The zero-order valence-electron chi connectivity index (χ0n) is 10.5. The Hall–Kier alpha value is -0.0600. The molecule has 0 heterocycles. The summed E-state index contributed by atoms with van der Waals surface area (Å²) in [5, 5.41) is 3.46. The Morgan fingerprint density at radius 2 is 2.11 bits per heavy atom. The van der Waals surface area contributed by atoms with Gasteiger partial charge in [0.25, 0.3) is 5.91 Å². The van der Waals surface area contributed by atoms with Crippen LogP contribution in [0, 0.1) is 5.92 Å². The van der Waals surface area contributed by atoms with E-state index in [-0.39, 0.29) is 5.91 Å². The number of alkyl halides is 1. The quantitative estimate of drug-likeness (QED) is 0.715. The normalized spacial score (nSPS) is 23.1. The summed E-state index contributed by atoms with van der Waals surface area (Å²) in [5.41, 5.74) is 0.526. The lowest BCUT2D eigenvalue weighted by molar-refractivity contribution is 0.0944. The summed E-state index contributed by atoms with van der Waals surface area (Å²) in [6.07, 6.45) is 4.89. The fourth-order valence-electron chi connectivity index (χ4n) is 2.39. The maximum Gasteiger partial charge on any atom is 0.252 e. The van der Waals surface area contributed by atoms with Crippen LogP contribution in [0.5, 0.6) is 0 Å². The molecule has 2 nitrogen and oxygen atoms in total. The molecule has 2 unspecified atom stereocenters. The smallest absolute Gasteiger partial charge is 0.252 e. The Bertz CT molecular complexity index is 467. The van der Waals surface area contributed by atoms with E-state index in [1.54, 1.807) is 6.07 Å². The Morgan fingerprint density at radius 3 is 2.84 bits per heavy atom. The van der Waals surface area contributed by atoms with Gasteiger partial charge in [-0.1, -0.05) is 46.4 Å². The lowest BCUT2D eigenvalue weighted by atomic mass is 9.89. The van der Waals surface area contributed by atoms with Gasteiger partial charge in [-0.25, -0.2) is 0 Å². The van der Waals surface area contributed by atoms with Gasteiger partial charge >= 0.3 is 0 Å². The van der Waals surface area contributed by atoms with E-state index in [1.807, 2.05) is 12.1 Å². The molecule has 2 rings (SSSR count). The molecule has 0 spiro atoms. The van der Waals surface area contributed by atoms with Gasteiger partial charge in [-0.3, -0.25) is 4.79 Å². The van der Waals surface area contributed by atoms with Gasteiger partial charge in [0.1, 0.15) is 0 Å². The zero-order chi connectivity index (χ0) is 13.8. The third-order valence-electron chi connectivity index (χ3n) is 3.54. The van der Waals surface area contributed by atoms with Crippen molar-refractivity contribution in [2.75, 3.05) is 6.54 Å². The molecule has 5 heteroatoms. The fourth-order valence-corrected chi connectivity index (χ4v) is 3.74. The standard InChI is InChI=1S/C14H16Br2ClNO/c15-11-6-2-1-4-9(11)8-18-14(19)10-5-3-7-12(16)13(10)17/h3,5,7,9,11H,1-2,4,6,8H2,(H,18,19). The van der Waals surface area contributed by atoms with Crippen LogP contribution in [-0.4, -0.2) is 17.3 Å². The van der Waals surface area contributed by atoms with Gasteiger partial charge < -0.3 is 5.32 Å². The van der Waals surface area contributed by atoms with Crippen molar-refractivity contribution in [2.45, 2.75) is 30.5 Å². The van der Waals surface area contributed by atoms with Crippen LogP contribution < -0.4 is 5.32 Å². The first kappa shape index (κ1) is 15.3. The van der Waals surface area contributed by atoms with Crippen LogP contribution >= 0.6 is 43.5 Å². The summed E-state index contributed by atoms with van der Waals surface area (Å²) in [7, 11) is 0. The molecule has 1 aromatic carbocycles. The van der Waals surface area contributed by atoms with Crippen molar-refractivity contribution in [3.63, 3.8) is 0 Å². The van der Waals surface area contributed by atoms with Crippen molar-refractivity contribution in [1.82, 2.24) is 5.32 Å². The molecule has 0 aromatic heterocycles. The molecule has 1 saturated carbocycles. The maximum absolute atomic E-state index is 12.1. The molecule has 104 valence electrons. The van der Waals surface area contributed by atoms with E-state index in [4.69, 9.17) is 11.6 Å². The lowest BCUT2D eigenvalue weighted by Crippen LogP contribution is -2.34. The minimum absolute atomic E-state index is 0.100. The number of carbonyl (C=O) groups excluding carboxylic acids is 1. The van der Waals surface area contributed by atoms with Crippen LogP contribution in [0.3, 0.4) is 0 Å². The van der Waals surface area contributed by atoms with E-state index >= 15 is 0 Å². The Morgan fingerprint density at radius 1 is 1.37 bits per heavy atom. The average molecular weight is 410 g/mol. The van der Waals surface area contributed by atoms with Crippen molar-refractivity contribution >= 4 is 49.4 Å². The number of carbonyl (C=O) groups is 1. The molecular formula is C14H16Br2ClNO. The highest BCUT2D eigenvalue weighted by atomic mass is 79.9. The van der Waals surface area contributed by atoms with Crippen molar-refractivity contribution in [3.05, 3.63) is 33.3 Å². The first-order chi connectivity index (χ1) is 9.09. The predicted octanol–water partition coefficient (Wildman–Crippen LogP) is 4.79. The fraction of sp³-hybridized carbons (Fsp3) is 0.500. The molecule has 0 radical (unpaired) electrons. The van der Waals surface area contributed by atoms with Gasteiger partial charge in [0.15, 0.2) is 0 Å². The van der Waals surface area contributed by atoms with E-state index < -0.39 is 0 Å². The minimum Gasteiger partial charge on any atom is -0.352 e. The highest BCUT2D eigenvalue weighted by molar-refractivity contribution is 9.10. The van der Waals surface area contributed by atoms with Crippen molar-refractivity contribution in [1.29, 1.82) is 0 Å². The van der Waals surface area contributed by atoms with Crippen LogP contribution in [0.1, 0.15) is 36.0 Å². The Labute approximate surface area is 135 Å². The third kappa shape index (κ3) is 3.96. The minimum atomic E-state index is -0.100. The molecule has 1 N–H and O–H groups in total. The van der Waals surface area contributed by atoms with Gasteiger partial charge in [-0.05, 0) is 46.8 Å². The Kier molecular flexibility index (Phi) is 5.72. The molecule has 2 atom stereocenters.